The highest BCUT2D eigenvalue weighted by Crippen LogP contribution is 2.30. The maximum atomic E-state index is 11.4. The molecule has 0 aliphatic carbocycles. The number of rotatable bonds is 4. The van der Waals surface area contributed by atoms with Gasteiger partial charge in [-0.15, -0.1) is 11.3 Å². The number of fused-ring (bicyclic) bond motifs is 1. The molecule has 0 radical (unpaired) electrons. The highest BCUT2D eigenvalue weighted by Gasteiger charge is 2.17. The Morgan fingerprint density at radius 3 is 2.91 bits per heavy atom. The van der Waals surface area contributed by atoms with Crippen LogP contribution in [-0.2, 0) is 0 Å². The van der Waals surface area contributed by atoms with Gasteiger partial charge in [0.05, 0.1) is 27.0 Å². The van der Waals surface area contributed by atoms with E-state index in [2.05, 4.69) is 20.3 Å². The molecule has 0 aliphatic rings. The summed E-state index contributed by atoms with van der Waals surface area (Å²) in [5, 5.41) is 12.9. The fraction of sp³-hybridized carbons (Fsp3) is 0.143. The maximum absolute atomic E-state index is 11.4. The van der Waals surface area contributed by atoms with Gasteiger partial charge in [-0.2, -0.15) is 0 Å². The summed E-state index contributed by atoms with van der Waals surface area (Å²) in [5.41, 5.74) is 7.01. The van der Waals surface area contributed by atoms with Crippen LogP contribution in [0.3, 0.4) is 0 Å². The summed E-state index contributed by atoms with van der Waals surface area (Å²) < 4.78 is 0.473. The van der Waals surface area contributed by atoms with Crippen LogP contribution in [0.2, 0.25) is 0 Å². The first-order chi connectivity index (χ1) is 10.5. The zero-order chi connectivity index (χ0) is 15.7. The summed E-state index contributed by atoms with van der Waals surface area (Å²) in [4.78, 5) is 24.0. The molecule has 0 amide bonds. The second kappa shape index (κ2) is 5.57. The van der Waals surface area contributed by atoms with E-state index in [1.807, 2.05) is 25.1 Å². The van der Waals surface area contributed by atoms with E-state index in [0.29, 0.717) is 15.2 Å². The summed E-state index contributed by atoms with van der Waals surface area (Å²) >= 11 is 1.16. The quantitative estimate of drug-likeness (QED) is 0.677. The topological polar surface area (TPSA) is 114 Å². The molecule has 0 spiro atoms. The number of hydrogen-bond acceptors (Lipinski definition) is 7. The van der Waals surface area contributed by atoms with E-state index in [-0.39, 0.29) is 17.7 Å². The molecule has 0 saturated heterocycles. The van der Waals surface area contributed by atoms with Gasteiger partial charge in [-0.3, -0.25) is 4.98 Å². The minimum atomic E-state index is -1.11. The summed E-state index contributed by atoms with van der Waals surface area (Å²) in [6.45, 7) is 1.90. The lowest BCUT2D eigenvalue weighted by Gasteiger charge is -2.13. The number of nitrogens with zero attached hydrogens (tertiary/aromatic N) is 3. The molecule has 0 unspecified atom stereocenters. The highest BCUT2D eigenvalue weighted by molar-refractivity contribution is 7.22. The molecule has 22 heavy (non-hydrogen) atoms. The van der Waals surface area contributed by atoms with Crippen molar-refractivity contribution in [2.75, 3.05) is 11.1 Å². The minimum Gasteiger partial charge on any atom is -0.476 e. The third-order valence-electron chi connectivity index (χ3n) is 3.07. The molecule has 0 saturated carbocycles. The molecule has 112 valence electrons. The largest absolute Gasteiger partial charge is 0.476 e. The Balaban J connectivity index is 1.99. The number of nitrogens with two attached hydrogens (primary N) is 1. The zero-order valence-electron chi connectivity index (χ0n) is 11.6. The average Bonchev–Trinajstić information content (AvgIpc) is 2.87. The second-order valence-corrected chi connectivity index (χ2v) is 5.77. The molecular formula is C14H13N5O2S. The maximum Gasteiger partial charge on any atom is 0.356 e. The van der Waals surface area contributed by atoms with E-state index in [9.17, 15) is 9.90 Å². The molecule has 8 heteroatoms. The number of carboxylic acid groups (broad SMARTS) is 1. The molecule has 1 atom stereocenters. The third-order valence-corrected chi connectivity index (χ3v) is 4.03. The van der Waals surface area contributed by atoms with Crippen LogP contribution in [-0.4, -0.2) is 26.0 Å². The fourth-order valence-corrected chi connectivity index (χ4v) is 2.90. The first kappa shape index (κ1) is 14.2. The van der Waals surface area contributed by atoms with E-state index >= 15 is 0 Å². The Labute approximate surface area is 129 Å². The highest BCUT2D eigenvalue weighted by atomic mass is 32.1. The standard InChI is InChI=1S/C14H13N5O2S/c1-7(8-4-2-3-5-16-8)17-14-18-9-6-10(15)22-12(9)11(19-14)13(20)21/h2-7H,15H2,1H3,(H,20,21)(H,17,18,19)/t7-/m0/s1. The van der Waals surface area contributed by atoms with Crippen LogP contribution in [0.1, 0.15) is 29.1 Å². The van der Waals surface area contributed by atoms with E-state index in [0.717, 1.165) is 17.0 Å². The molecule has 3 heterocycles. The summed E-state index contributed by atoms with van der Waals surface area (Å²) in [5.74, 6) is -0.872. The number of carbonyl (C=O) groups is 1. The Morgan fingerprint density at radius 2 is 2.23 bits per heavy atom. The van der Waals surface area contributed by atoms with Gasteiger partial charge < -0.3 is 16.2 Å². The van der Waals surface area contributed by atoms with Crippen LogP contribution in [0, 0.1) is 0 Å². The first-order valence-electron chi connectivity index (χ1n) is 6.52. The minimum absolute atomic E-state index is 0.0533. The van der Waals surface area contributed by atoms with Gasteiger partial charge >= 0.3 is 5.97 Å². The molecule has 7 nitrogen and oxygen atoms in total. The van der Waals surface area contributed by atoms with Crippen molar-refractivity contribution in [1.82, 2.24) is 15.0 Å². The van der Waals surface area contributed by atoms with Gasteiger partial charge in [0.1, 0.15) is 0 Å². The van der Waals surface area contributed by atoms with Gasteiger partial charge in [-0.25, -0.2) is 14.8 Å². The van der Waals surface area contributed by atoms with Gasteiger partial charge in [-0.1, -0.05) is 6.07 Å². The molecule has 0 bridgehead atoms. The predicted molar refractivity (Wildman–Crippen MR) is 85.1 cm³/mol. The average molecular weight is 315 g/mol. The fourth-order valence-electron chi connectivity index (χ4n) is 2.06. The van der Waals surface area contributed by atoms with E-state index in [1.54, 1.807) is 12.3 Å². The van der Waals surface area contributed by atoms with Gasteiger partial charge in [0.2, 0.25) is 5.95 Å². The van der Waals surface area contributed by atoms with Crippen molar-refractivity contribution < 1.29 is 9.90 Å². The van der Waals surface area contributed by atoms with E-state index in [1.165, 1.54) is 0 Å². The number of carboxylic acids is 1. The summed E-state index contributed by atoms with van der Waals surface area (Å²) in [7, 11) is 0. The Kier molecular flexibility index (Phi) is 3.60. The SMILES string of the molecule is C[C@H](Nc1nc(C(=O)O)c2sc(N)cc2n1)c1ccccn1. The smallest absolute Gasteiger partial charge is 0.356 e. The monoisotopic (exact) mass is 315 g/mol. The van der Waals surface area contributed by atoms with Crippen molar-refractivity contribution in [3.63, 3.8) is 0 Å². The van der Waals surface area contributed by atoms with Crippen molar-refractivity contribution in [3.8, 4) is 0 Å². The van der Waals surface area contributed by atoms with Gasteiger partial charge in [0, 0.05) is 6.20 Å². The van der Waals surface area contributed by atoms with Crippen LogP contribution in [0.25, 0.3) is 10.2 Å². The molecule has 0 aliphatic heterocycles. The molecule has 3 aromatic rings. The zero-order valence-corrected chi connectivity index (χ0v) is 12.5. The summed E-state index contributed by atoms with van der Waals surface area (Å²) in [6.07, 6.45) is 1.69. The van der Waals surface area contributed by atoms with Gasteiger partial charge in [0.25, 0.3) is 0 Å². The van der Waals surface area contributed by atoms with Crippen LogP contribution in [0.5, 0.6) is 0 Å². The molecule has 3 rings (SSSR count). The van der Waals surface area contributed by atoms with E-state index in [4.69, 9.17) is 5.73 Å². The Bertz CT molecular complexity index is 834. The second-order valence-electron chi connectivity index (χ2n) is 4.68. The van der Waals surface area contributed by atoms with Gasteiger partial charge in [-0.05, 0) is 25.1 Å². The van der Waals surface area contributed by atoms with Crippen molar-refractivity contribution in [3.05, 3.63) is 41.9 Å². The molecule has 4 N–H and O–H groups in total. The van der Waals surface area contributed by atoms with E-state index < -0.39 is 5.97 Å². The number of nitrogens with one attached hydrogen (secondary N) is 1. The molecule has 0 fully saturated rings. The number of anilines is 2. The summed E-state index contributed by atoms with van der Waals surface area (Å²) in [6, 6.07) is 7.07. The number of pyridine rings is 1. The number of aromatic nitrogens is 3. The van der Waals surface area contributed by atoms with Crippen LogP contribution < -0.4 is 11.1 Å². The Morgan fingerprint density at radius 1 is 1.41 bits per heavy atom. The number of hydrogen-bond donors (Lipinski definition) is 3. The van der Waals surface area contributed by atoms with Crippen LogP contribution in [0.15, 0.2) is 30.5 Å². The van der Waals surface area contributed by atoms with Crippen molar-refractivity contribution in [1.29, 1.82) is 0 Å². The lowest BCUT2D eigenvalue weighted by atomic mass is 10.2. The molecule has 3 aromatic heterocycles. The number of aromatic carboxylic acids is 1. The van der Waals surface area contributed by atoms with Crippen molar-refractivity contribution in [2.45, 2.75) is 13.0 Å². The van der Waals surface area contributed by atoms with Crippen molar-refractivity contribution >= 4 is 38.5 Å². The number of nitrogen functional groups attached to an aromatic ring is 1. The van der Waals surface area contributed by atoms with Crippen LogP contribution >= 0.6 is 11.3 Å². The Hall–Kier alpha value is -2.74. The first-order valence-corrected chi connectivity index (χ1v) is 7.34. The lowest BCUT2D eigenvalue weighted by Crippen LogP contribution is -2.12. The van der Waals surface area contributed by atoms with Crippen LogP contribution in [0.4, 0.5) is 10.9 Å². The third kappa shape index (κ3) is 2.68. The van der Waals surface area contributed by atoms with Crippen molar-refractivity contribution in [2.24, 2.45) is 0 Å². The molecular weight excluding hydrogens is 302 g/mol. The van der Waals surface area contributed by atoms with Gasteiger partial charge in [0.15, 0.2) is 5.69 Å². The lowest BCUT2D eigenvalue weighted by molar-refractivity contribution is 0.0693. The molecule has 0 aromatic carbocycles. The predicted octanol–water partition coefficient (Wildman–Crippen LogP) is 2.54. The normalized spacial score (nSPS) is 12.2. The number of thiophene rings is 1.